The maximum absolute atomic E-state index is 12.3. The Labute approximate surface area is 126 Å². The van der Waals surface area contributed by atoms with E-state index in [2.05, 4.69) is 21.2 Å². The molecule has 1 aliphatic heterocycles. The number of anilines is 1. The molecular weight excluding hydrogens is 346 g/mol. The van der Waals surface area contributed by atoms with Crippen molar-refractivity contribution in [3.63, 3.8) is 0 Å². The zero-order chi connectivity index (χ0) is 14.9. The van der Waals surface area contributed by atoms with Crippen LogP contribution in [0.2, 0.25) is 0 Å². The maximum Gasteiger partial charge on any atom is 0.257 e. The molecule has 1 aliphatic rings. The number of hydrogen-bond acceptors (Lipinski definition) is 4. The fourth-order valence-corrected chi connectivity index (χ4v) is 3.04. The summed E-state index contributed by atoms with van der Waals surface area (Å²) in [6.07, 6.45) is 0. The van der Waals surface area contributed by atoms with Crippen LogP contribution in [0.15, 0.2) is 22.7 Å². The van der Waals surface area contributed by atoms with Gasteiger partial charge in [0.05, 0.1) is 18.0 Å². The number of carbonyl (C=O) groups is 1. The molecular formula is C12H16BrN3O3S. The maximum atomic E-state index is 12.3. The Hall–Kier alpha value is -1.12. The molecule has 0 atom stereocenters. The normalized spacial score (nSPS) is 15.2. The predicted octanol–water partition coefficient (Wildman–Crippen LogP) is 1.17. The van der Waals surface area contributed by atoms with Gasteiger partial charge in [0, 0.05) is 30.8 Å². The number of nitrogens with zero attached hydrogens (tertiary/aromatic N) is 2. The van der Waals surface area contributed by atoms with Gasteiger partial charge in [0.2, 0.25) is 10.0 Å². The van der Waals surface area contributed by atoms with Crippen molar-refractivity contribution in [1.29, 1.82) is 0 Å². The SMILES string of the molecule is CN(C)S(=O)(=O)CCN1CNc2cc(Br)ccc2C1=O. The first-order valence-electron chi connectivity index (χ1n) is 6.04. The number of carbonyl (C=O) groups excluding carboxylic acids is 1. The summed E-state index contributed by atoms with van der Waals surface area (Å²) in [5.74, 6) is -0.237. The molecule has 0 saturated carbocycles. The Morgan fingerprint density at radius 2 is 2.10 bits per heavy atom. The molecule has 1 amide bonds. The van der Waals surface area contributed by atoms with Gasteiger partial charge in [-0.05, 0) is 18.2 Å². The molecule has 0 aliphatic carbocycles. The van der Waals surface area contributed by atoms with E-state index >= 15 is 0 Å². The van der Waals surface area contributed by atoms with Crippen molar-refractivity contribution in [2.45, 2.75) is 0 Å². The zero-order valence-corrected chi connectivity index (χ0v) is 13.7. The number of nitrogens with one attached hydrogen (secondary N) is 1. The summed E-state index contributed by atoms with van der Waals surface area (Å²) in [6.45, 7) is 0.479. The number of rotatable bonds is 4. The summed E-state index contributed by atoms with van der Waals surface area (Å²) in [7, 11) is -0.332. The summed E-state index contributed by atoms with van der Waals surface area (Å²) >= 11 is 3.35. The molecule has 1 aromatic carbocycles. The lowest BCUT2D eigenvalue weighted by Crippen LogP contribution is -2.43. The third kappa shape index (κ3) is 3.13. The molecule has 0 bridgehead atoms. The molecule has 2 rings (SSSR count). The van der Waals surface area contributed by atoms with Crippen LogP contribution in [-0.2, 0) is 10.0 Å². The topological polar surface area (TPSA) is 69.7 Å². The highest BCUT2D eigenvalue weighted by Gasteiger charge is 2.25. The summed E-state index contributed by atoms with van der Waals surface area (Å²) in [5.41, 5.74) is 1.32. The van der Waals surface area contributed by atoms with E-state index in [1.165, 1.54) is 23.3 Å². The predicted molar refractivity (Wildman–Crippen MR) is 81.1 cm³/mol. The number of amides is 1. The standard InChI is InChI=1S/C12H16BrN3O3S/c1-15(2)20(18,19)6-5-16-8-14-11-7-9(13)3-4-10(11)12(16)17/h3-4,7,14H,5-6,8H2,1-2H3. The minimum atomic E-state index is -3.30. The van der Waals surface area contributed by atoms with Crippen LogP contribution in [0.25, 0.3) is 0 Å². The van der Waals surface area contributed by atoms with E-state index in [4.69, 9.17) is 0 Å². The largest absolute Gasteiger partial charge is 0.367 e. The zero-order valence-electron chi connectivity index (χ0n) is 11.3. The van der Waals surface area contributed by atoms with Gasteiger partial charge in [-0.15, -0.1) is 0 Å². The number of hydrogen-bond donors (Lipinski definition) is 1. The van der Waals surface area contributed by atoms with Crippen molar-refractivity contribution in [1.82, 2.24) is 9.21 Å². The van der Waals surface area contributed by atoms with E-state index in [9.17, 15) is 13.2 Å². The van der Waals surface area contributed by atoms with Gasteiger partial charge in [-0.25, -0.2) is 12.7 Å². The summed E-state index contributed by atoms with van der Waals surface area (Å²) in [5, 5.41) is 3.12. The molecule has 0 aromatic heterocycles. The molecule has 0 radical (unpaired) electrons. The Kier molecular flexibility index (Phi) is 4.36. The highest BCUT2D eigenvalue weighted by Crippen LogP contribution is 2.25. The number of fused-ring (bicyclic) bond motifs is 1. The molecule has 0 saturated heterocycles. The minimum Gasteiger partial charge on any atom is -0.367 e. The van der Waals surface area contributed by atoms with Crippen LogP contribution < -0.4 is 5.32 Å². The van der Waals surface area contributed by atoms with Crippen molar-refractivity contribution in [2.75, 3.05) is 38.4 Å². The van der Waals surface area contributed by atoms with Crippen LogP contribution >= 0.6 is 15.9 Å². The fraction of sp³-hybridized carbons (Fsp3) is 0.417. The van der Waals surface area contributed by atoms with Crippen LogP contribution in [0, 0.1) is 0 Å². The van der Waals surface area contributed by atoms with Crippen molar-refractivity contribution >= 4 is 37.5 Å². The van der Waals surface area contributed by atoms with Crippen molar-refractivity contribution < 1.29 is 13.2 Å². The quantitative estimate of drug-likeness (QED) is 0.873. The first-order valence-corrected chi connectivity index (χ1v) is 8.44. The highest BCUT2D eigenvalue weighted by molar-refractivity contribution is 9.10. The Morgan fingerprint density at radius 1 is 1.40 bits per heavy atom. The van der Waals surface area contributed by atoms with E-state index in [1.807, 2.05) is 6.07 Å². The lowest BCUT2D eigenvalue weighted by atomic mass is 10.1. The highest BCUT2D eigenvalue weighted by atomic mass is 79.9. The number of halogens is 1. The lowest BCUT2D eigenvalue weighted by molar-refractivity contribution is 0.0768. The number of benzene rings is 1. The van der Waals surface area contributed by atoms with Gasteiger partial charge in [-0.1, -0.05) is 15.9 Å². The lowest BCUT2D eigenvalue weighted by Gasteiger charge is -2.30. The Bertz CT molecular complexity index is 631. The van der Waals surface area contributed by atoms with Crippen LogP contribution in [-0.4, -0.2) is 56.6 Å². The molecule has 110 valence electrons. The average Bonchev–Trinajstić information content (AvgIpc) is 2.37. The second-order valence-corrected chi connectivity index (χ2v) is 7.91. The third-order valence-corrected chi connectivity index (χ3v) is 5.44. The van der Waals surface area contributed by atoms with Gasteiger partial charge in [-0.3, -0.25) is 4.79 Å². The average molecular weight is 362 g/mol. The van der Waals surface area contributed by atoms with Gasteiger partial charge >= 0.3 is 0 Å². The number of sulfonamides is 1. The molecule has 0 fully saturated rings. The van der Waals surface area contributed by atoms with E-state index in [1.54, 1.807) is 12.1 Å². The van der Waals surface area contributed by atoms with Gasteiger partial charge in [0.15, 0.2) is 0 Å². The van der Waals surface area contributed by atoms with Gasteiger partial charge in [-0.2, -0.15) is 0 Å². The van der Waals surface area contributed by atoms with Crippen LogP contribution in [0.3, 0.4) is 0 Å². The van der Waals surface area contributed by atoms with Crippen LogP contribution in [0.5, 0.6) is 0 Å². The molecule has 6 nitrogen and oxygen atoms in total. The van der Waals surface area contributed by atoms with Crippen LogP contribution in [0.4, 0.5) is 5.69 Å². The smallest absolute Gasteiger partial charge is 0.257 e. The first-order chi connectivity index (χ1) is 9.31. The molecule has 1 heterocycles. The summed E-state index contributed by atoms with van der Waals surface area (Å²) in [4.78, 5) is 13.8. The van der Waals surface area contributed by atoms with Crippen molar-refractivity contribution in [2.24, 2.45) is 0 Å². The molecule has 1 aromatic rings. The first kappa shape index (κ1) is 15.3. The second kappa shape index (κ2) is 5.71. The van der Waals surface area contributed by atoms with Gasteiger partial charge in [0.1, 0.15) is 0 Å². The van der Waals surface area contributed by atoms with E-state index in [-0.39, 0.29) is 18.2 Å². The van der Waals surface area contributed by atoms with E-state index in [0.29, 0.717) is 12.2 Å². The Balaban J connectivity index is 2.10. The van der Waals surface area contributed by atoms with Crippen LogP contribution in [0.1, 0.15) is 10.4 Å². The molecule has 20 heavy (non-hydrogen) atoms. The molecule has 0 unspecified atom stereocenters. The minimum absolute atomic E-state index is 0.0840. The van der Waals surface area contributed by atoms with Gasteiger partial charge in [0.25, 0.3) is 5.91 Å². The van der Waals surface area contributed by atoms with Crippen molar-refractivity contribution in [3.05, 3.63) is 28.2 Å². The second-order valence-electron chi connectivity index (χ2n) is 4.69. The monoisotopic (exact) mass is 361 g/mol. The molecule has 0 spiro atoms. The van der Waals surface area contributed by atoms with E-state index in [0.717, 1.165) is 10.2 Å². The van der Waals surface area contributed by atoms with E-state index < -0.39 is 10.0 Å². The molecule has 1 N–H and O–H groups in total. The Morgan fingerprint density at radius 3 is 2.75 bits per heavy atom. The molecule has 8 heteroatoms. The summed E-state index contributed by atoms with van der Waals surface area (Å²) in [6, 6.07) is 5.35. The summed E-state index contributed by atoms with van der Waals surface area (Å²) < 4.78 is 25.5. The van der Waals surface area contributed by atoms with Gasteiger partial charge < -0.3 is 10.2 Å². The fourth-order valence-electron chi connectivity index (χ4n) is 1.86. The van der Waals surface area contributed by atoms with Crippen molar-refractivity contribution in [3.8, 4) is 0 Å². The third-order valence-electron chi connectivity index (χ3n) is 3.14.